The Bertz CT molecular complexity index is 2330. The van der Waals surface area contributed by atoms with Gasteiger partial charge >= 0.3 is 0 Å². The SMILES string of the molecule is CCCOc1c2cc(Cn3cc[n+](C)c3)cc1Cc1cc(C(C)(C)C)cc(c1OCCC)Cc1cc(Cn3cc[n+](C)c3)cc(c1OCCC)Cc1cc(C(C)(C)C)cc(c1OCCC)C2. The fourth-order valence-electron chi connectivity index (χ4n) is 9.25. The molecule has 0 atom stereocenters. The molecule has 2 heterocycles. The Morgan fingerprint density at radius 2 is 0.682 bits per heavy atom. The summed E-state index contributed by atoms with van der Waals surface area (Å²) in [5.74, 6) is 3.90. The molecule has 0 fully saturated rings. The van der Waals surface area contributed by atoms with E-state index in [0.29, 0.717) is 52.1 Å². The monoisotopic (exact) mass is 895 g/mol. The van der Waals surface area contributed by atoms with E-state index in [9.17, 15) is 0 Å². The van der Waals surface area contributed by atoms with Gasteiger partial charge in [-0.05, 0) is 128 Å². The van der Waals surface area contributed by atoms with Crippen molar-refractivity contribution in [2.24, 2.45) is 14.1 Å². The van der Waals surface area contributed by atoms with E-state index in [2.05, 4.69) is 188 Å². The van der Waals surface area contributed by atoms with E-state index >= 15 is 0 Å². The van der Waals surface area contributed by atoms with Crippen LogP contribution < -0.4 is 28.1 Å². The zero-order chi connectivity index (χ0) is 47.2. The molecule has 6 aromatic rings. The molecule has 0 N–H and O–H groups in total. The maximum Gasteiger partial charge on any atom is 0.243 e. The third-order valence-corrected chi connectivity index (χ3v) is 12.5. The van der Waals surface area contributed by atoms with Gasteiger partial charge in [-0.1, -0.05) is 93.5 Å². The van der Waals surface area contributed by atoms with Crippen molar-refractivity contribution in [3.8, 4) is 23.0 Å². The van der Waals surface area contributed by atoms with E-state index in [4.69, 9.17) is 18.9 Å². The zero-order valence-electron chi connectivity index (χ0n) is 42.4. The Kier molecular flexibility index (Phi) is 15.4. The first kappa shape index (κ1) is 48.4. The molecule has 0 saturated heterocycles. The topological polar surface area (TPSA) is 54.5 Å². The summed E-state index contributed by atoms with van der Waals surface area (Å²) in [6.45, 7) is 26.7. The Morgan fingerprint density at radius 1 is 0.424 bits per heavy atom. The molecule has 0 amide bonds. The van der Waals surface area contributed by atoms with Gasteiger partial charge in [0, 0.05) is 25.7 Å². The summed E-state index contributed by atoms with van der Waals surface area (Å²) >= 11 is 0. The molecule has 0 unspecified atom stereocenters. The Morgan fingerprint density at radius 3 is 0.894 bits per heavy atom. The summed E-state index contributed by atoms with van der Waals surface area (Å²) in [5.41, 5.74) is 14.3. The molecule has 0 spiro atoms. The summed E-state index contributed by atoms with van der Waals surface area (Å²) < 4.78 is 36.7. The predicted molar refractivity (Wildman–Crippen MR) is 267 cm³/mol. The van der Waals surface area contributed by atoms with Crippen LogP contribution in [0.15, 0.2) is 86.0 Å². The molecule has 8 nitrogen and oxygen atoms in total. The second-order valence-corrected chi connectivity index (χ2v) is 20.8. The van der Waals surface area contributed by atoms with Crippen LogP contribution in [0.25, 0.3) is 0 Å². The molecular weight excluding hydrogens is 817 g/mol. The predicted octanol–water partition coefficient (Wildman–Crippen LogP) is 11.5. The molecule has 1 aliphatic rings. The van der Waals surface area contributed by atoms with Gasteiger partial charge in [0.15, 0.2) is 0 Å². The van der Waals surface area contributed by atoms with E-state index < -0.39 is 0 Å². The first-order valence-electron chi connectivity index (χ1n) is 24.7. The van der Waals surface area contributed by atoms with Gasteiger partial charge in [0.05, 0.1) is 40.5 Å². The third-order valence-electron chi connectivity index (χ3n) is 12.5. The van der Waals surface area contributed by atoms with Crippen molar-refractivity contribution in [2.75, 3.05) is 26.4 Å². The van der Waals surface area contributed by atoms with Crippen molar-refractivity contribution in [3.05, 3.63) is 153 Å². The van der Waals surface area contributed by atoms with Gasteiger partial charge in [0.2, 0.25) is 12.7 Å². The lowest BCUT2D eigenvalue weighted by Crippen LogP contribution is -2.23. The van der Waals surface area contributed by atoms with Gasteiger partial charge in [-0.15, -0.1) is 0 Å². The number of benzene rings is 4. The second kappa shape index (κ2) is 21.0. The lowest BCUT2D eigenvalue weighted by Gasteiger charge is -2.27. The molecule has 8 heteroatoms. The molecule has 1 aliphatic carbocycles. The normalized spacial score (nSPS) is 12.9. The second-order valence-electron chi connectivity index (χ2n) is 20.8. The summed E-state index contributed by atoms with van der Waals surface area (Å²) in [6.07, 6.45) is 19.1. The van der Waals surface area contributed by atoms with Gasteiger partial charge in [-0.3, -0.25) is 0 Å². The lowest BCUT2D eigenvalue weighted by molar-refractivity contribution is -0.671. The van der Waals surface area contributed by atoms with Gasteiger partial charge in [0.1, 0.15) is 60.9 Å². The number of nitrogens with zero attached hydrogens (tertiary/aromatic N) is 4. The zero-order valence-corrected chi connectivity index (χ0v) is 42.4. The van der Waals surface area contributed by atoms with Gasteiger partial charge in [-0.25, -0.2) is 18.3 Å². The van der Waals surface area contributed by atoms with E-state index in [1.165, 1.54) is 66.8 Å². The Hall–Kier alpha value is -5.50. The number of imidazole rings is 2. The maximum atomic E-state index is 6.99. The van der Waals surface area contributed by atoms with Crippen LogP contribution in [0.1, 0.15) is 162 Å². The number of aryl methyl sites for hydroxylation is 2. The molecule has 0 saturated carbocycles. The van der Waals surface area contributed by atoms with E-state index in [1.807, 2.05) is 0 Å². The van der Waals surface area contributed by atoms with Crippen molar-refractivity contribution < 1.29 is 28.1 Å². The Balaban J connectivity index is 1.59. The van der Waals surface area contributed by atoms with Crippen LogP contribution in [0.3, 0.4) is 0 Å². The minimum Gasteiger partial charge on any atom is -0.493 e. The summed E-state index contributed by atoms with van der Waals surface area (Å²) in [4.78, 5) is 0. The summed E-state index contributed by atoms with van der Waals surface area (Å²) in [6, 6.07) is 19.2. The number of hydrogen-bond acceptors (Lipinski definition) is 4. The van der Waals surface area contributed by atoms with E-state index in [1.54, 1.807) is 0 Å². The number of ether oxygens (including phenoxy) is 4. The lowest BCUT2D eigenvalue weighted by atomic mass is 9.81. The van der Waals surface area contributed by atoms with Gasteiger partial charge in [-0.2, -0.15) is 0 Å². The van der Waals surface area contributed by atoms with Crippen molar-refractivity contribution in [1.29, 1.82) is 0 Å². The quantitative estimate of drug-likeness (QED) is 0.0907. The van der Waals surface area contributed by atoms with E-state index in [0.717, 1.165) is 61.8 Å². The number of rotatable bonds is 16. The third kappa shape index (κ3) is 11.7. The molecule has 8 bridgehead atoms. The van der Waals surface area contributed by atoms with Crippen molar-refractivity contribution in [3.63, 3.8) is 0 Å². The minimum atomic E-state index is -0.104. The van der Waals surface area contributed by atoms with Crippen LogP contribution in [0, 0.1) is 0 Å². The first-order chi connectivity index (χ1) is 31.6. The minimum absolute atomic E-state index is 0.104. The highest BCUT2D eigenvalue weighted by Gasteiger charge is 2.28. The molecule has 0 radical (unpaired) electrons. The van der Waals surface area contributed by atoms with Gasteiger partial charge in [0.25, 0.3) is 0 Å². The highest BCUT2D eigenvalue weighted by Crippen LogP contribution is 2.43. The molecule has 352 valence electrons. The van der Waals surface area contributed by atoms with Crippen LogP contribution in [0.4, 0.5) is 0 Å². The smallest absolute Gasteiger partial charge is 0.243 e. The Labute approximate surface area is 396 Å². The summed E-state index contributed by atoms with van der Waals surface area (Å²) in [7, 11) is 4.16. The van der Waals surface area contributed by atoms with Crippen LogP contribution in [-0.2, 0) is 63.7 Å². The standard InChI is InChI=1S/C58H78N4O4/c1-13-21-63-53-43-25-41(37-61-19-17-59(11)39-61)26-44(53)30-48-34-52(58(8,9)10)36-50(56(48)66-24-16-4)32-46-28-42(38-62-20-18-60(12)40-62)27-45(54(46)64-22-14-2)31-49-35-51(57(5,6)7)33-47(29-43)55(49)65-23-15-3/h17-20,25-28,33-36,39-40H,13-16,21-24,29-32,37-38H2,1-12H3/q+2. The fraction of sp³-hybridized carbons (Fsp3) is 0.483. The highest BCUT2D eigenvalue weighted by molar-refractivity contribution is 5.59. The van der Waals surface area contributed by atoms with Crippen molar-refractivity contribution in [1.82, 2.24) is 9.13 Å². The average molecular weight is 895 g/mol. The maximum absolute atomic E-state index is 6.99. The van der Waals surface area contributed by atoms with Crippen LogP contribution in [0.5, 0.6) is 23.0 Å². The number of hydrogen-bond donors (Lipinski definition) is 0. The summed E-state index contributed by atoms with van der Waals surface area (Å²) in [5, 5.41) is 0. The van der Waals surface area contributed by atoms with Crippen molar-refractivity contribution >= 4 is 0 Å². The number of aromatic nitrogens is 4. The van der Waals surface area contributed by atoms with Crippen LogP contribution in [0.2, 0.25) is 0 Å². The molecular formula is C58H78N4O4+2. The van der Waals surface area contributed by atoms with E-state index in [-0.39, 0.29) is 10.8 Å². The van der Waals surface area contributed by atoms with Crippen molar-refractivity contribution in [2.45, 2.75) is 145 Å². The van der Waals surface area contributed by atoms with Crippen LogP contribution in [-0.4, -0.2) is 35.6 Å². The number of fused-ring (bicyclic) bond motifs is 8. The first-order valence-corrected chi connectivity index (χ1v) is 24.7. The van der Waals surface area contributed by atoms with Gasteiger partial charge < -0.3 is 18.9 Å². The average Bonchev–Trinajstić information content (AvgIpc) is 3.87. The molecule has 0 aliphatic heterocycles. The molecule has 2 aromatic heterocycles. The highest BCUT2D eigenvalue weighted by atomic mass is 16.5. The van der Waals surface area contributed by atoms with Crippen LogP contribution >= 0.6 is 0 Å². The fourth-order valence-corrected chi connectivity index (χ4v) is 9.25. The molecule has 66 heavy (non-hydrogen) atoms. The largest absolute Gasteiger partial charge is 0.493 e. The molecule has 7 rings (SSSR count). The molecule has 4 aromatic carbocycles.